The maximum atomic E-state index is 13.0. The third-order valence-electron chi connectivity index (χ3n) is 5.47. The molecule has 8 nitrogen and oxygen atoms in total. The fourth-order valence-corrected chi connectivity index (χ4v) is 4.40. The first-order chi connectivity index (χ1) is 17.2. The molecule has 36 heavy (non-hydrogen) atoms. The summed E-state index contributed by atoms with van der Waals surface area (Å²) in [7, 11) is 0. The van der Waals surface area contributed by atoms with Gasteiger partial charge in [-0.2, -0.15) is 0 Å². The number of aromatic nitrogens is 4. The molecule has 0 radical (unpaired) electrons. The standard InChI is InChI=1S/C27H32N6O2S/c1-18-9-8-13-28-22(18)15-29-19(2)23-17-36-25(32-23)12-14-33(26(34)35-27(3,4)5)16-24-30-20-10-6-7-11-21(20)31-24/h6-11,13,17,29H,2,12,14-16H2,1,3-5H3,(H,30,31). The number of fused-ring (bicyclic) bond motifs is 1. The number of benzene rings is 1. The van der Waals surface area contributed by atoms with Crippen molar-refractivity contribution >= 4 is 34.2 Å². The van der Waals surface area contributed by atoms with E-state index in [0.717, 1.165) is 38.7 Å². The van der Waals surface area contributed by atoms with Crippen LogP contribution in [-0.4, -0.2) is 43.1 Å². The van der Waals surface area contributed by atoms with Crippen molar-refractivity contribution in [2.45, 2.75) is 52.8 Å². The van der Waals surface area contributed by atoms with E-state index in [1.807, 2.05) is 69.5 Å². The van der Waals surface area contributed by atoms with E-state index in [1.54, 1.807) is 22.4 Å². The van der Waals surface area contributed by atoms with E-state index in [-0.39, 0.29) is 6.09 Å². The van der Waals surface area contributed by atoms with Gasteiger partial charge in [0.2, 0.25) is 0 Å². The Morgan fingerprint density at radius 2 is 2.00 bits per heavy atom. The van der Waals surface area contributed by atoms with Crippen LogP contribution in [0.4, 0.5) is 4.79 Å². The molecule has 0 saturated carbocycles. The second-order valence-corrected chi connectivity index (χ2v) is 10.5. The van der Waals surface area contributed by atoms with Gasteiger partial charge in [0, 0.05) is 24.5 Å². The van der Waals surface area contributed by atoms with Crippen LogP contribution < -0.4 is 5.32 Å². The van der Waals surface area contributed by atoms with Crippen molar-refractivity contribution in [3.05, 3.63) is 82.3 Å². The number of rotatable bonds is 9. The van der Waals surface area contributed by atoms with E-state index in [4.69, 9.17) is 9.72 Å². The van der Waals surface area contributed by atoms with Crippen molar-refractivity contribution in [1.29, 1.82) is 0 Å². The number of hydrogen-bond acceptors (Lipinski definition) is 7. The number of imidazole rings is 1. The Hall–Kier alpha value is -3.72. The molecule has 0 aliphatic heterocycles. The van der Waals surface area contributed by atoms with Crippen LogP contribution in [-0.2, 0) is 24.2 Å². The number of amides is 1. The molecule has 0 fully saturated rings. The fraction of sp³-hybridized carbons (Fsp3) is 0.333. The molecule has 0 spiro atoms. The Balaban J connectivity index is 1.40. The number of hydrogen-bond donors (Lipinski definition) is 2. The molecule has 188 valence electrons. The predicted molar refractivity (Wildman–Crippen MR) is 143 cm³/mol. The Bertz CT molecular complexity index is 1320. The molecule has 0 unspecified atom stereocenters. The van der Waals surface area contributed by atoms with Crippen molar-refractivity contribution in [1.82, 2.24) is 30.2 Å². The highest BCUT2D eigenvalue weighted by Crippen LogP contribution is 2.19. The van der Waals surface area contributed by atoms with E-state index >= 15 is 0 Å². The van der Waals surface area contributed by atoms with E-state index in [2.05, 4.69) is 26.8 Å². The molecule has 1 amide bonds. The molecule has 0 saturated heterocycles. The van der Waals surface area contributed by atoms with Gasteiger partial charge in [-0.05, 0) is 51.5 Å². The molecule has 4 rings (SSSR count). The van der Waals surface area contributed by atoms with Gasteiger partial charge >= 0.3 is 6.09 Å². The summed E-state index contributed by atoms with van der Waals surface area (Å²) in [4.78, 5) is 31.7. The minimum atomic E-state index is -0.590. The van der Waals surface area contributed by atoms with Crippen LogP contribution in [0, 0.1) is 6.92 Å². The highest BCUT2D eigenvalue weighted by Gasteiger charge is 2.23. The monoisotopic (exact) mass is 504 g/mol. The second kappa shape index (κ2) is 10.9. The van der Waals surface area contributed by atoms with Crippen molar-refractivity contribution in [3.63, 3.8) is 0 Å². The van der Waals surface area contributed by atoms with Gasteiger partial charge in [0.1, 0.15) is 11.4 Å². The molecule has 1 aromatic carbocycles. The van der Waals surface area contributed by atoms with Gasteiger partial charge in [-0.15, -0.1) is 11.3 Å². The van der Waals surface area contributed by atoms with E-state index in [1.165, 1.54) is 0 Å². The number of nitrogens with one attached hydrogen (secondary N) is 2. The number of carbonyl (C=O) groups excluding carboxylic acids is 1. The first kappa shape index (κ1) is 25.4. The lowest BCUT2D eigenvalue weighted by molar-refractivity contribution is 0.0231. The number of H-pyrrole nitrogens is 1. The average Bonchev–Trinajstić information content (AvgIpc) is 3.46. The van der Waals surface area contributed by atoms with Crippen molar-refractivity contribution in [2.24, 2.45) is 0 Å². The van der Waals surface area contributed by atoms with Crippen LogP contribution >= 0.6 is 11.3 Å². The highest BCUT2D eigenvalue weighted by molar-refractivity contribution is 7.09. The lowest BCUT2D eigenvalue weighted by Gasteiger charge is -2.26. The number of aryl methyl sites for hydroxylation is 1. The van der Waals surface area contributed by atoms with Gasteiger partial charge < -0.3 is 19.9 Å². The lowest BCUT2D eigenvalue weighted by Crippen LogP contribution is -2.37. The zero-order valence-electron chi connectivity index (χ0n) is 21.2. The molecule has 0 aliphatic rings. The van der Waals surface area contributed by atoms with Gasteiger partial charge in [0.25, 0.3) is 0 Å². The largest absolute Gasteiger partial charge is 0.444 e. The minimum Gasteiger partial charge on any atom is -0.444 e. The number of ether oxygens (including phenoxy) is 1. The molecule has 3 aromatic heterocycles. The summed E-state index contributed by atoms with van der Waals surface area (Å²) in [6.45, 7) is 13.1. The summed E-state index contributed by atoms with van der Waals surface area (Å²) in [5, 5.41) is 6.21. The number of pyridine rings is 1. The van der Waals surface area contributed by atoms with Crippen LogP contribution in [0.15, 0.2) is 54.6 Å². The number of thiazole rings is 1. The van der Waals surface area contributed by atoms with E-state index in [0.29, 0.717) is 31.9 Å². The summed E-state index contributed by atoms with van der Waals surface area (Å²) in [6.07, 6.45) is 2.00. The van der Waals surface area contributed by atoms with E-state index in [9.17, 15) is 4.79 Å². The van der Waals surface area contributed by atoms with Crippen molar-refractivity contribution in [3.8, 4) is 0 Å². The first-order valence-electron chi connectivity index (χ1n) is 11.9. The van der Waals surface area contributed by atoms with Gasteiger partial charge in [0.05, 0.1) is 46.2 Å². The van der Waals surface area contributed by atoms with Crippen molar-refractivity contribution < 1.29 is 9.53 Å². The van der Waals surface area contributed by atoms with Crippen LogP contribution in [0.1, 0.15) is 48.6 Å². The quantitative estimate of drug-likeness (QED) is 0.314. The third-order valence-corrected chi connectivity index (χ3v) is 6.38. The molecule has 4 aromatic rings. The number of aromatic amines is 1. The first-order valence-corrected chi connectivity index (χ1v) is 12.8. The second-order valence-electron chi connectivity index (χ2n) is 9.58. The Labute approximate surface area is 215 Å². The maximum Gasteiger partial charge on any atom is 0.410 e. The summed E-state index contributed by atoms with van der Waals surface area (Å²) in [5.41, 5.74) is 4.86. The summed E-state index contributed by atoms with van der Waals surface area (Å²) in [6, 6.07) is 11.8. The summed E-state index contributed by atoms with van der Waals surface area (Å²) < 4.78 is 5.66. The zero-order valence-corrected chi connectivity index (χ0v) is 22.0. The van der Waals surface area contributed by atoms with Gasteiger partial charge in [-0.3, -0.25) is 4.98 Å². The molecule has 0 aliphatic carbocycles. The summed E-state index contributed by atoms with van der Waals surface area (Å²) in [5.74, 6) is 0.712. The van der Waals surface area contributed by atoms with Gasteiger partial charge in [-0.1, -0.05) is 24.8 Å². The fourth-order valence-electron chi connectivity index (χ4n) is 3.60. The van der Waals surface area contributed by atoms with Crippen LogP contribution in [0.3, 0.4) is 0 Å². The highest BCUT2D eigenvalue weighted by atomic mass is 32.1. The van der Waals surface area contributed by atoms with Crippen LogP contribution in [0.2, 0.25) is 0 Å². The normalized spacial score (nSPS) is 11.4. The predicted octanol–water partition coefficient (Wildman–Crippen LogP) is 5.46. The Morgan fingerprint density at radius 3 is 2.75 bits per heavy atom. The topological polar surface area (TPSA) is 96.0 Å². The Kier molecular flexibility index (Phi) is 7.69. The van der Waals surface area contributed by atoms with Gasteiger partial charge in [0.15, 0.2) is 0 Å². The summed E-state index contributed by atoms with van der Waals surface area (Å²) >= 11 is 1.55. The number of carbonyl (C=O) groups is 1. The van der Waals surface area contributed by atoms with E-state index < -0.39 is 5.60 Å². The maximum absolute atomic E-state index is 13.0. The van der Waals surface area contributed by atoms with Crippen molar-refractivity contribution in [2.75, 3.05) is 6.54 Å². The minimum absolute atomic E-state index is 0.319. The Morgan fingerprint density at radius 1 is 1.19 bits per heavy atom. The molecule has 3 heterocycles. The molecule has 0 atom stereocenters. The lowest BCUT2D eigenvalue weighted by atomic mass is 10.2. The number of nitrogens with zero attached hydrogens (tertiary/aromatic N) is 4. The zero-order chi connectivity index (χ0) is 25.7. The third kappa shape index (κ3) is 6.69. The van der Waals surface area contributed by atoms with Crippen LogP contribution in [0.5, 0.6) is 0 Å². The molecule has 9 heteroatoms. The smallest absolute Gasteiger partial charge is 0.410 e. The molecule has 2 N–H and O–H groups in total. The molecule has 0 bridgehead atoms. The molecular formula is C27H32N6O2S. The number of para-hydroxylation sites is 2. The van der Waals surface area contributed by atoms with Gasteiger partial charge in [-0.25, -0.2) is 14.8 Å². The SMILES string of the molecule is C=C(NCc1ncccc1C)c1csc(CCN(Cc2nc3ccccc3[nH]2)C(=O)OC(C)(C)C)n1. The average molecular weight is 505 g/mol. The van der Waals surface area contributed by atoms with Crippen LogP contribution in [0.25, 0.3) is 16.7 Å². The molecular weight excluding hydrogens is 472 g/mol.